The van der Waals surface area contributed by atoms with Crippen LogP contribution in [0.5, 0.6) is 0 Å². The summed E-state index contributed by atoms with van der Waals surface area (Å²) in [4.78, 5) is 11.5. The first-order chi connectivity index (χ1) is 8.22. The minimum absolute atomic E-state index is 0.110. The Morgan fingerprint density at radius 1 is 1.41 bits per heavy atom. The van der Waals surface area contributed by atoms with Crippen LogP contribution in [0.2, 0.25) is 0 Å². The zero-order chi connectivity index (χ0) is 12.7. The molecule has 3 nitrogen and oxygen atoms in total. The highest BCUT2D eigenvalue weighted by Crippen LogP contribution is 2.17. The van der Waals surface area contributed by atoms with Gasteiger partial charge in [-0.15, -0.1) is 0 Å². The van der Waals surface area contributed by atoms with Crippen LogP contribution in [0.4, 0.5) is 0 Å². The van der Waals surface area contributed by atoms with E-state index in [1.807, 2.05) is 24.3 Å². The van der Waals surface area contributed by atoms with Crippen molar-refractivity contribution in [3.8, 4) is 0 Å². The summed E-state index contributed by atoms with van der Waals surface area (Å²) in [6.45, 7) is 3.65. The van der Waals surface area contributed by atoms with E-state index < -0.39 is 0 Å². The fourth-order valence-electron chi connectivity index (χ4n) is 1.46. The van der Waals surface area contributed by atoms with Gasteiger partial charge in [0.1, 0.15) is 0 Å². The maximum absolute atomic E-state index is 11.5. The van der Waals surface area contributed by atoms with Gasteiger partial charge in [0.15, 0.2) is 0 Å². The van der Waals surface area contributed by atoms with E-state index in [9.17, 15) is 4.79 Å². The molecule has 0 fully saturated rings. The maximum atomic E-state index is 11.5. The molecule has 0 aromatic heterocycles. The molecule has 0 bridgehead atoms. The van der Waals surface area contributed by atoms with E-state index in [2.05, 4.69) is 11.9 Å². The molecule has 3 N–H and O–H groups in total. The Morgan fingerprint density at radius 2 is 2.12 bits per heavy atom. The van der Waals surface area contributed by atoms with Gasteiger partial charge >= 0.3 is 0 Å². The van der Waals surface area contributed by atoms with Gasteiger partial charge in [0.25, 0.3) is 5.91 Å². The molecule has 0 unspecified atom stereocenters. The number of amides is 1. The van der Waals surface area contributed by atoms with E-state index in [-0.39, 0.29) is 5.91 Å². The van der Waals surface area contributed by atoms with Crippen LogP contribution in [-0.4, -0.2) is 13.0 Å². The Labute approximate surface area is 101 Å². The van der Waals surface area contributed by atoms with E-state index >= 15 is 0 Å². The molecule has 1 aromatic rings. The van der Waals surface area contributed by atoms with Crippen LogP contribution in [0.3, 0.4) is 0 Å². The van der Waals surface area contributed by atoms with Crippen LogP contribution in [0.25, 0.3) is 5.57 Å². The van der Waals surface area contributed by atoms with Crippen molar-refractivity contribution in [3.05, 3.63) is 66.4 Å². The lowest BCUT2D eigenvalue weighted by molar-refractivity contribution is 0.0963. The van der Waals surface area contributed by atoms with E-state index in [1.165, 1.54) is 6.20 Å². The van der Waals surface area contributed by atoms with Gasteiger partial charge in [-0.25, -0.2) is 0 Å². The minimum Gasteiger partial charge on any atom is -0.405 e. The summed E-state index contributed by atoms with van der Waals surface area (Å²) < 4.78 is 0. The van der Waals surface area contributed by atoms with Crippen molar-refractivity contribution in [2.24, 2.45) is 5.73 Å². The van der Waals surface area contributed by atoms with Gasteiger partial charge in [-0.3, -0.25) is 4.79 Å². The number of hydrogen-bond donors (Lipinski definition) is 2. The molecule has 17 heavy (non-hydrogen) atoms. The minimum atomic E-state index is -0.110. The van der Waals surface area contributed by atoms with Crippen LogP contribution in [0.15, 0.2) is 55.3 Å². The van der Waals surface area contributed by atoms with Crippen molar-refractivity contribution in [2.75, 3.05) is 7.05 Å². The zero-order valence-electron chi connectivity index (χ0n) is 9.81. The molecule has 1 amide bonds. The first-order valence-electron chi connectivity index (χ1n) is 5.26. The Kier molecular flexibility index (Phi) is 4.76. The third-order valence-corrected chi connectivity index (χ3v) is 2.26. The molecule has 0 aliphatic rings. The van der Waals surface area contributed by atoms with Crippen LogP contribution >= 0.6 is 0 Å². The van der Waals surface area contributed by atoms with Crippen molar-refractivity contribution in [2.45, 2.75) is 0 Å². The Balaban J connectivity index is 3.17. The molecule has 0 aliphatic heterocycles. The molecule has 3 heteroatoms. The highest BCUT2D eigenvalue weighted by Gasteiger charge is 2.04. The zero-order valence-corrected chi connectivity index (χ0v) is 9.81. The van der Waals surface area contributed by atoms with Crippen molar-refractivity contribution >= 4 is 11.5 Å². The molecule has 0 radical (unpaired) electrons. The Morgan fingerprint density at radius 3 is 2.71 bits per heavy atom. The van der Waals surface area contributed by atoms with Crippen LogP contribution in [0.1, 0.15) is 15.9 Å². The second-order valence-corrected chi connectivity index (χ2v) is 3.38. The second-order valence-electron chi connectivity index (χ2n) is 3.38. The molecule has 88 valence electrons. The summed E-state index contributed by atoms with van der Waals surface area (Å²) in [5.41, 5.74) is 7.84. The maximum Gasteiger partial charge on any atom is 0.251 e. The predicted molar refractivity (Wildman–Crippen MR) is 71.3 cm³/mol. The van der Waals surface area contributed by atoms with Gasteiger partial charge in [-0.1, -0.05) is 30.9 Å². The predicted octanol–water partition coefficient (Wildman–Crippen LogP) is 2.09. The van der Waals surface area contributed by atoms with Crippen molar-refractivity contribution in [1.29, 1.82) is 0 Å². The number of carbonyl (C=O) groups is 1. The number of hydrogen-bond acceptors (Lipinski definition) is 2. The molecule has 0 atom stereocenters. The third kappa shape index (κ3) is 3.34. The molecule has 0 aliphatic carbocycles. The first-order valence-corrected chi connectivity index (χ1v) is 5.26. The molecule has 1 aromatic carbocycles. The average molecular weight is 228 g/mol. The molecule has 0 heterocycles. The van der Waals surface area contributed by atoms with Crippen LogP contribution in [0, 0.1) is 0 Å². The molecular weight excluding hydrogens is 212 g/mol. The van der Waals surface area contributed by atoms with Gasteiger partial charge in [-0.2, -0.15) is 0 Å². The lowest BCUT2D eigenvalue weighted by Crippen LogP contribution is -2.17. The summed E-state index contributed by atoms with van der Waals surface area (Å²) in [6.07, 6.45) is 6.75. The van der Waals surface area contributed by atoms with Crippen molar-refractivity contribution in [1.82, 2.24) is 5.32 Å². The van der Waals surface area contributed by atoms with Crippen molar-refractivity contribution in [3.63, 3.8) is 0 Å². The van der Waals surface area contributed by atoms with Crippen LogP contribution in [-0.2, 0) is 0 Å². The normalized spacial score (nSPS) is 11.5. The second kappa shape index (κ2) is 6.33. The lowest BCUT2D eigenvalue weighted by atomic mass is 10.0. The summed E-state index contributed by atoms with van der Waals surface area (Å²) in [6, 6.07) is 7.33. The SMILES string of the molecule is C=C/C=C(\C=C/N)c1cccc(C(=O)NC)c1. The smallest absolute Gasteiger partial charge is 0.251 e. The van der Waals surface area contributed by atoms with Crippen LogP contribution < -0.4 is 11.1 Å². The molecule has 1 rings (SSSR count). The molecule has 0 spiro atoms. The van der Waals surface area contributed by atoms with Gasteiger partial charge in [0.05, 0.1) is 0 Å². The number of allylic oxidation sites excluding steroid dienone is 4. The van der Waals surface area contributed by atoms with Gasteiger partial charge in [0, 0.05) is 12.6 Å². The summed E-state index contributed by atoms with van der Waals surface area (Å²) >= 11 is 0. The monoisotopic (exact) mass is 228 g/mol. The molecule has 0 saturated carbocycles. The van der Waals surface area contributed by atoms with Gasteiger partial charge in [-0.05, 0) is 35.5 Å². The summed E-state index contributed by atoms with van der Waals surface area (Å²) in [5, 5.41) is 2.59. The summed E-state index contributed by atoms with van der Waals surface area (Å²) in [7, 11) is 1.61. The number of rotatable bonds is 4. The fourth-order valence-corrected chi connectivity index (χ4v) is 1.46. The topological polar surface area (TPSA) is 55.1 Å². The van der Waals surface area contributed by atoms with Crippen molar-refractivity contribution < 1.29 is 4.79 Å². The average Bonchev–Trinajstić information content (AvgIpc) is 2.37. The largest absolute Gasteiger partial charge is 0.405 e. The highest BCUT2D eigenvalue weighted by molar-refractivity contribution is 5.95. The van der Waals surface area contributed by atoms with E-state index in [1.54, 1.807) is 25.3 Å². The highest BCUT2D eigenvalue weighted by atomic mass is 16.1. The van der Waals surface area contributed by atoms with E-state index in [0.29, 0.717) is 5.56 Å². The fraction of sp³-hybridized carbons (Fsp3) is 0.0714. The third-order valence-electron chi connectivity index (χ3n) is 2.26. The number of carbonyl (C=O) groups excluding carboxylic acids is 1. The Bertz CT molecular complexity index is 473. The number of nitrogens with two attached hydrogens (primary N) is 1. The molecule has 0 saturated heterocycles. The standard InChI is InChI=1S/C14H16N2O/c1-3-5-11(8-9-15)12-6-4-7-13(10-12)14(17)16-2/h3-10H,1,15H2,2H3,(H,16,17)/b9-8-,11-5+. The Hall–Kier alpha value is -2.29. The molecular formula is C14H16N2O. The first kappa shape index (κ1) is 12.8. The number of benzene rings is 1. The quantitative estimate of drug-likeness (QED) is 0.775. The van der Waals surface area contributed by atoms with E-state index in [4.69, 9.17) is 5.73 Å². The van der Waals surface area contributed by atoms with Gasteiger partial charge < -0.3 is 11.1 Å². The van der Waals surface area contributed by atoms with Gasteiger partial charge in [0.2, 0.25) is 0 Å². The van der Waals surface area contributed by atoms with E-state index in [0.717, 1.165) is 11.1 Å². The number of nitrogens with one attached hydrogen (secondary N) is 1. The summed E-state index contributed by atoms with van der Waals surface area (Å²) in [5.74, 6) is -0.110. The lowest BCUT2D eigenvalue weighted by Gasteiger charge is -2.05.